The van der Waals surface area contributed by atoms with Gasteiger partial charge in [-0.2, -0.15) is 0 Å². The number of rotatable bonds is 7. The molecule has 7 nitrogen and oxygen atoms in total. The molecule has 0 aromatic heterocycles. The van der Waals surface area contributed by atoms with Gasteiger partial charge in [0.25, 0.3) is 17.7 Å². The lowest BCUT2D eigenvalue weighted by molar-refractivity contribution is 0.0615. The zero-order valence-corrected chi connectivity index (χ0v) is 17.3. The van der Waals surface area contributed by atoms with Gasteiger partial charge in [0.05, 0.1) is 17.7 Å². The second kappa shape index (κ2) is 9.31. The summed E-state index contributed by atoms with van der Waals surface area (Å²) in [6.45, 7) is 1.96. The van der Waals surface area contributed by atoms with Crippen LogP contribution in [0.3, 0.4) is 0 Å². The molecule has 4 rings (SSSR count). The van der Waals surface area contributed by atoms with Crippen LogP contribution in [0.2, 0.25) is 0 Å². The summed E-state index contributed by atoms with van der Waals surface area (Å²) in [5.74, 6) is 0.115. The SMILES string of the molecule is O=C(c1cccc(OCCCN2C(=O)c3ccccc3C2=O)c1)N1CCCC(CO)C1. The number of likely N-dealkylation sites (tertiary alicyclic amines) is 1. The number of nitrogens with zero attached hydrogens (tertiary/aromatic N) is 2. The third kappa shape index (κ3) is 4.46. The lowest BCUT2D eigenvalue weighted by Crippen LogP contribution is -2.40. The molecule has 0 bridgehead atoms. The van der Waals surface area contributed by atoms with Gasteiger partial charge in [0, 0.05) is 31.8 Å². The van der Waals surface area contributed by atoms with E-state index in [1.54, 1.807) is 53.4 Å². The van der Waals surface area contributed by atoms with Gasteiger partial charge in [0.15, 0.2) is 0 Å². The first kappa shape index (κ1) is 21.1. The minimum absolute atomic E-state index is 0.0605. The molecule has 1 N–H and O–H groups in total. The van der Waals surface area contributed by atoms with Gasteiger partial charge in [-0.15, -0.1) is 0 Å². The van der Waals surface area contributed by atoms with Crippen LogP contribution in [0.5, 0.6) is 5.75 Å². The van der Waals surface area contributed by atoms with Gasteiger partial charge < -0.3 is 14.7 Å². The minimum atomic E-state index is -0.268. The molecule has 0 spiro atoms. The molecule has 2 aliphatic rings. The molecule has 7 heteroatoms. The predicted octanol–water partition coefficient (Wildman–Crippen LogP) is 2.60. The molecule has 0 aliphatic carbocycles. The Balaban J connectivity index is 1.30. The first-order chi connectivity index (χ1) is 15.1. The molecule has 2 aromatic carbocycles. The van der Waals surface area contributed by atoms with Crippen molar-refractivity contribution in [3.8, 4) is 5.75 Å². The van der Waals surface area contributed by atoms with Gasteiger partial charge in [0.1, 0.15) is 5.75 Å². The summed E-state index contributed by atoms with van der Waals surface area (Å²) in [4.78, 5) is 40.6. The van der Waals surface area contributed by atoms with Crippen LogP contribution in [0.4, 0.5) is 0 Å². The number of amides is 3. The van der Waals surface area contributed by atoms with Crippen molar-refractivity contribution in [2.24, 2.45) is 5.92 Å². The van der Waals surface area contributed by atoms with Crippen LogP contribution < -0.4 is 4.74 Å². The number of ether oxygens (including phenoxy) is 1. The molecule has 1 fully saturated rings. The highest BCUT2D eigenvalue weighted by Crippen LogP contribution is 2.23. The molecule has 2 aliphatic heterocycles. The quantitative estimate of drug-likeness (QED) is 0.548. The smallest absolute Gasteiger partial charge is 0.261 e. The molecule has 0 radical (unpaired) electrons. The van der Waals surface area contributed by atoms with Crippen LogP contribution >= 0.6 is 0 Å². The van der Waals surface area contributed by atoms with Crippen LogP contribution in [0, 0.1) is 5.92 Å². The van der Waals surface area contributed by atoms with Gasteiger partial charge in [0.2, 0.25) is 0 Å². The Labute approximate surface area is 181 Å². The third-order valence-corrected chi connectivity index (χ3v) is 5.82. The molecule has 1 unspecified atom stereocenters. The molecular formula is C24H26N2O5. The largest absolute Gasteiger partial charge is 0.494 e. The molecule has 1 saturated heterocycles. The highest BCUT2D eigenvalue weighted by atomic mass is 16.5. The zero-order chi connectivity index (χ0) is 21.8. The van der Waals surface area contributed by atoms with Crippen molar-refractivity contribution < 1.29 is 24.2 Å². The molecule has 162 valence electrons. The molecule has 2 aromatic rings. The van der Waals surface area contributed by atoms with E-state index in [0.29, 0.717) is 48.6 Å². The zero-order valence-electron chi connectivity index (χ0n) is 17.3. The van der Waals surface area contributed by atoms with E-state index in [-0.39, 0.29) is 36.8 Å². The van der Waals surface area contributed by atoms with Crippen molar-refractivity contribution in [3.05, 3.63) is 65.2 Å². The fourth-order valence-electron chi connectivity index (χ4n) is 4.15. The number of fused-ring (bicyclic) bond motifs is 1. The van der Waals surface area contributed by atoms with Gasteiger partial charge in [-0.05, 0) is 55.5 Å². The average molecular weight is 422 g/mol. The van der Waals surface area contributed by atoms with Crippen LogP contribution in [0.1, 0.15) is 50.3 Å². The molecule has 2 heterocycles. The molecule has 31 heavy (non-hydrogen) atoms. The highest BCUT2D eigenvalue weighted by molar-refractivity contribution is 6.21. The topological polar surface area (TPSA) is 87.2 Å². The second-order valence-electron chi connectivity index (χ2n) is 7.98. The van der Waals surface area contributed by atoms with E-state index in [4.69, 9.17) is 4.74 Å². The lowest BCUT2D eigenvalue weighted by Gasteiger charge is -2.32. The van der Waals surface area contributed by atoms with Gasteiger partial charge in [-0.3, -0.25) is 19.3 Å². The second-order valence-corrected chi connectivity index (χ2v) is 7.98. The fraction of sp³-hybridized carbons (Fsp3) is 0.375. The van der Waals surface area contributed by atoms with Crippen molar-refractivity contribution in [3.63, 3.8) is 0 Å². The fourth-order valence-corrected chi connectivity index (χ4v) is 4.15. The number of hydrogen-bond donors (Lipinski definition) is 1. The number of carbonyl (C=O) groups is 3. The summed E-state index contributed by atoms with van der Waals surface area (Å²) in [6, 6.07) is 13.9. The Kier molecular flexibility index (Phi) is 6.32. The summed E-state index contributed by atoms with van der Waals surface area (Å²) in [6.07, 6.45) is 2.33. The Morgan fingerprint density at radius 1 is 1.06 bits per heavy atom. The van der Waals surface area contributed by atoms with Gasteiger partial charge >= 0.3 is 0 Å². The van der Waals surface area contributed by atoms with Crippen molar-refractivity contribution in [1.29, 1.82) is 0 Å². The van der Waals surface area contributed by atoms with Crippen molar-refractivity contribution in [1.82, 2.24) is 9.80 Å². The number of benzene rings is 2. The Morgan fingerprint density at radius 3 is 2.52 bits per heavy atom. The van der Waals surface area contributed by atoms with Crippen LogP contribution in [-0.4, -0.2) is 65.5 Å². The van der Waals surface area contributed by atoms with Crippen LogP contribution in [0.25, 0.3) is 0 Å². The summed E-state index contributed by atoms with van der Waals surface area (Å²) < 4.78 is 5.77. The van der Waals surface area contributed by atoms with Crippen molar-refractivity contribution in [2.75, 3.05) is 32.8 Å². The first-order valence-corrected chi connectivity index (χ1v) is 10.7. The maximum absolute atomic E-state index is 12.8. The number of carbonyl (C=O) groups excluding carboxylic acids is 3. The Hall–Kier alpha value is -3.19. The minimum Gasteiger partial charge on any atom is -0.494 e. The summed E-state index contributed by atoms with van der Waals surface area (Å²) >= 11 is 0. The van der Waals surface area contributed by atoms with Gasteiger partial charge in [-0.1, -0.05) is 18.2 Å². The number of aliphatic hydroxyl groups excluding tert-OH is 1. The van der Waals surface area contributed by atoms with E-state index in [2.05, 4.69) is 0 Å². The maximum atomic E-state index is 12.8. The number of aliphatic hydroxyl groups is 1. The number of hydrogen-bond acceptors (Lipinski definition) is 5. The number of piperidine rings is 1. The molecule has 0 saturated carbocycles. The highest BCUT2D eigenvalue weighted by Gasteiger charge is 2.34. The van der Waals surface area contributed by atoms with E-state index in [9.17, 15) is 19.5 Å². The van der Waals surface area contributed by atoms with Crippen LogP contribution in [-0.2, 0) is 0 Å². The van der Waals surface area contributed by atoms with E-state index >= 15 is 0 Å². The Morgan fingerprint density at radius 2 is 1.81 bits per heavy atom. The molecule has 3 amide bonds. The normalized spacial score (nSPS) is 18.3. The van der Waals surface area contributed by atoms with Crippen LogP contribution in [0.15, 0.2) is 48.5 Å². The Bertz CT molecular complexity index is 954. The molecule has 1 atom stereocenters. The van der Waals surface area contributed by atoms with E-state index in [1.807, 2.05) is 0 Å². The van der Waals surface area contributed by atoms with E-state index in [0.717, 1.165) is 12.8 Å². The summed E-state index contributed by atoms with van der Waals surface area (Å²) in [5, 5.41) is 9.38. The lowest BCUT2D eigenvalue weighted by atomic mass is 9.98. The van der Waals surface area contributed by atoms with E-state index < -0.39 is 0 Å². The summed E-state index contributed by atoms with van der Waals surface area (Å²) in [7, 11) is 0. The standard InChI is InChI=1S/C24H26N2O5/c27-16-17-6-4-11-25(15-17)22(28)18-7-3-8-19(14-18)31-13-5-12-26-23(29)20-9-1-2-10-21(20)24(26)30/h1-3,7-10,14,17,27H,4-6,11-13,15-16H2. The van der Waals surface area contributed by atoms with Crippen molar-refractivity contribution >= 4 is 17.7 Å². The first-order valence-electron chi connectivity index (χ1n) is 10.7. The van der Waals surface area contributed by atoms with E-state index in [1.165, 1.54) is 4.90 Å². The predicted molar refractivity (Wildman–Crippen MR) is 114 cm³/mol. The maximum Gasteiger partial charge on any atom is 0.261 e. The monoisotopic (exact) mass is 422 g/mol. The molecular weight excluding hydrogens is 396 g/mol. The number of imide groups is 1. The van der Waals surface area contributed by atoms with Crippen molar-refractivity contribution in [2.45, 2.75) is 19.3 Å². The summed E-state index contributed by atoms with van der Waals surface area (Å²) in [5.41, 5.74) is 1.44. The third-order valence-electron chi connectivity index (χ3n) is 5.82. The average Bonchev–Trinajstić information content (AvgIpc) is 3.06. The van der Waals surface area contributed by atoms with Gasteiger partial charge in [-0.25, -0.2) is 0 Å².